The number of likely N-dealkylation sites (N-methyl/N-ethyl adjacent to an activating group) is 1. The number of hydrogen-bond acceptors (Lipinski definition) is 2. The van der Waals surface area contributed by atoms with E-state index in [1.54, 1.807) is 11.9 Å². The van der Waals surface area contributed by atoms with Gasteiger partial charge in [0.05, 0.1) is 12.1 Å². The molecule has 3 nitrogen and oxygen atoms in total. The van der Waals surface area contributed by atoms with Gasteiger partial charge in [0.25, 0.3) is 5.91 Å². The second kappa shape index (κ2) is 4.88. The summed E-state index contributed by atoms with van der Waals surface area (Å²) in [5.74, 6) is -0.0507. The first kappa shape index (κ1) is 13.7. The van der Waals surface area contributed by atoms with E-state index in [0.29, 0.717) is 5.56 Å². The lowest BCUT2D eigenvalue weighted by molar-refractivity contribution is 0.0472. The summed E-state index contributed by atoms with van der Waals surface area (Å²) in [5.41, 5.74) is 2.26. The molecule has 0 fully saturated rings. The first-order valence-corrected chi connectivity index (χ1v) is 5.76. The molecule has 1 N–H and O–H groups in total. The molecule has 0 aliphatic heterocycles. The lowest BCUT2D eigenvalue weighted by Crippen LogP contribution is -2.47. The lowest BCUT2D eigenvalue weighted by atomic mass is 9.99. The van der Waals surface area contributed by atoms with Crippen LogP contribution in [0.1, 0.15) is 35.3 Å². The van der Waals surface area contributed by atoms with Gasteiger partial charge in [-0.25, -0.2) is 0 Å². The summed E-state index contributed by atoms with van der Waals surface area (Å²) in [5, 5.41) is 9.29. The van der Waals surface area contributed by atoms with E-state index in [0.717, 1.165) is 11.1 Å². The van der Waals surface area contributed by atoms with Gasteiger partial charge in [-0.2, -0.15) is 0 Å². The van der Waals surface area contributed by atoms with Crippen molar-refractivity contribution in [3.63, 3.8) is 0 Å². The molecule has 1 amide bonds. The Hall–Kier alpha value is -1.35. The molecule has 0 bridgehead atoms. The predicted octanol–water partition coefficient (Wildman–Crippen LogP) is 2.15. The average Bonchev–Trinajstić information content (AvgIpc) is 2.30. The molecule has 0 atom stereocenters. The smallest absolute Gasteiger partial charge is 0.254 e. The van der Waals surface area contributed by atoms with Crippen LogP contribution in [0.2, 0.25) is 0 Å². The molecule has 0 saturated heterocycles. The number of carbonyl (C=O) groups excluding carboxylic acids is 1. The number of benzene rings is 1. The van der Waals surface area contributed by atoms with Gasteiger partial charge in [0.15, 0.2) is 0 Å². The third-order valence-electron chi connectivity index (χ3n) is 3.43. The molecule has 0 aromatic heterocycles. The van der Waals surface area contributed by atoms with Crippen LogP contribution in [-0.2, 0) is 0 Å². The van der Waals surface area contributed by atoms with Gasteiger partial charge in [-0.3, -0.25) is 4.79 Å². The van der Waals surface area contributed by atoms with Crippen LogP contribution in [0.4, 0.5) is 0 Å². The van der Waals surface area contributed by atoms with Crippen molar-refractivity contribution in [1.29, 1.82) is 0 Å². The molecule has 0 heterocycles. The molecule has 0 unspecified atom stereocenters. The number of nitrogens with zero attached hydrogens (tertiary/aromatic N) is 1. The Morgan fingerprint density at radius 2 is 1.94 bits per heavy atom. The third-order valence-corrected chi connectivity index (χ3v) is 3.43. The van der Waals surface area contributed by atoms with Crippen molar-refractivity contribution >= 4 is 5.91 Å². The second-order valence-electron chi connectivity index (χ2n) is 5.08. The Labute approximate surface area is 103 Å². The fourth-order valence-electron chi connectivity index (χ4n) is 1.54. The summed E-state index contributed by atoms with van der Waals surface area (Å²) < 4.78 is 0. The summed E-state index contributed by atoms with van der Waals surface area (Å²) >= 11 is 0. The number of aliphatic hydroxyl groups excluding tert-OH is 1. The molecule has 0 saturated carbocycles. The van der Waals surface area contributed by atoms with E-state index in [2.05, 4.69) is 0 Å². The molecule has 0 aliphatic carbocycles. The fraction of sp³-hybridized carbons (Fsp3) is 0.500. The molecular weight excluding hydrogens is 214 g/mol. The van der Waals surface area contributed by atoms with Crippen LogP contribution in [0.25, 0.3) is 0 Å². The SMILES string of the molecule is Cc1cccc(C(=O)N(C)C(C)(C)CO)c1C. The van der Waals surface area contributed by atoms with Crippen LogP contribution in [0.15, 0.2) is 18.2 Å². The molecule has 1 aromatic rings. The van der Waals surface area contributed by atoms with Crippen LogP contribution >= 0.6 is 0 Å². The van der Waals surface area contributed by atoms with Gasteiger partial charge in [0.1, 0.15) is 0 Å². The molecule has 94 valence electrons. The van der Waals surface area contributed by atoms with Gasteiger partial charge in [-0.15, -0.1) is 0 Å². The highest BCUT2D eigenvalue weighted by Gasteiger charge is 2.28. The summed E-state index contributed by atoms with van der Waals surface area (Å²) in [7, 11) is 1.72. The van der Waals surface area contributed by atoms with Crippen molar-refractivity contribution < 1.29 is 9.90 Å². The molecule has 17 heavy (non-hydrogen) atoms. The summed E-state index contributed by atoms with van der Waals surface area (Å²) in [6.07, 6.45) is 0. The Bertz CT molecular complexity index is 424. The molecule has 1 aromatic carbocycles. The number of carbonyl (C=O) groups is 1. The highest BCUT2D eigenvalue weighted by atomic mass is 16.3. The van der Waals surface area contributed by atoms with Crippen LogP contribution in [0.3, 0.4) is 0 Å². The van der Waals surface area contributed by atoms with E-state index in [9.17, 15) is 9.90 Å². The third kappa shape index (κ3) is 2.67. The number of amides is 1. The highest BCUT2D eigenvalue weighted by molar-refractivity contribution is 5.96. The zero-order valence-electron chi connectivity index (χ0n) is 11.2. The van der Waals surface area contributed by atoms with Crippen molar-refractivity contribution in [2.45, 2.75) is 33.2 Å². The molecule has 3 heteroatoms. The lowest BCUT2D eigenvalue weighted by Gasteiger charge is -2.34. The molecule has 1 rings (SSSR count). The zero-order valence-corrected chi connectivity index (χ0v) is 11.2. The molecule has 0 aliphatic rings. The average molecular weight is 235 g/mol. The quantitative estimate of drug-likeness (QED) is 0.872. The van der Waals surface area contributed by atoms with Crippen molar-refractivity contribution in [2.75, 3.05) is 13.7 Å². The van der Waals surface area contributed by atoms with Crippen molar-refractivity contribution in [2.24, 2.45) is 0 Å². The van der Waals surface area contributed by atoms with Crippen LogP contribution in [0, 0.1) is 13.8 Å². The van der Waals surface area contributed by atoms with Gasteiger partial charge in [-0.1, -0.05) is 12.1 Å². The number of aryl methyl sites for hydroxylation is 1. The Kier molecular flexibility index (Phi) is 3.94. The van der Waals surface area contributed by atoms with E-state index in [-0.39, 0.29) is 12.5 Å². The molecule has 0 radical (unpaired) electrons. The second-order valence-corrected chi connectivity index (χ2v) is 5.08. The van der Waals surface area contributed by atoms with E-state index >= 15 is 0 Å². The minimum atomic E-state index is -0.548. The summed E-state index contributed by atoms with van der Waals surface area (Å²) in [4.78, 5) is 13.9. The predicted molar refractivity (Wildman–Crippen MR) is 69.2 cm³/mol. The van der Waals surface area contributed by atoms with Crippen molar-refractivity contribution in [1.82, 2.24) is 4.90 Å². The fourth-order valence-corrected chi connectivity index (χ4v) is 1.54. The van der Waals surface area contributed by atoms with Gasteiger partial charge in [0.2, 0.25) is 0 Å². The summed E-state index contributed by atoms with van der Waals surface area (Å²) in [6.45, 7) is 7.57. The first-order valence-electron chi connectivity index (χ1n) is 5.76. The topological polar surface area (TPSA) is 40.5 Å². The minimum Gasteiger partial charge on any atom is -0.394 e. The maximum Gasteiger partial charge on any atom is 0.254 e. The maximum atomic E-state index is 12.3. The largest absolute Gasteiger partial charge is 0.394 e. The minimum absolute atomic E-state index is 0.0507. The van der Waals surface area contributed by atoms with E-state index in [1.165, 1.54) is 0 Å². The Morgan fingerprint density at radius 1 is 1.35 bits per heavy atom. The van der Waals surface area contributed by atoms with E-state index < -0.39 is 5.54 Å². The Morgan fingerprint density at radius 3 is 2.47 bits per heavy atom. The normalized spacial score (nSPS) is 11.4. The zero-order chi connectivity index (χ0) is 13.2. The van der Waals surface area contributed by atoms with Gasteiger partial charge in [-0.05, 0) is 44.9 Å². The van der Waals surface area contributed by atoms with Gasteiger partial charge >= 0.3 is 0 Å². The van der Waals surface area contributed by atoms with Crippen LogP contribution in [0.5, 0.6) is 0 Å². The number of rotatable bonds is 3. The molecular formula is C14H21NO2. The van der Waals surface area contributed by atoms with Crippen LogP contribution in [-0.4, -0.2) is 35.1 Å². The number of hydrogen-bond donors (Lipinski definition) is 1. The monoisotopic (exact) mass is 235 g/mol. The maximum absolute atomic E-state index is 12.3. The standard InChI is InChI=1S/C14H21NO2/c1-10-7-6-8-12(11(10)2)13(17)15(5)14(3,4)9-16/h6-8,16H,9H2,1-5H3. The van der Waals surface area contributed by atoms with E-state index in [4.69, 9.17) is 0 Å². The van der Waals surface area contributed by atoms with E-state index in [1.807, 2.05) is 45.9 Å². The number of aliphatic hydroxyl groups is 1. The van der Waals surface area contributed by atoms with Gasteiger partial charge in [0, 0.05) is 12.6 Å². The first-order chi connectivity index (χ1) is 7.81. The van der Waals surface area contributed by atoms with Crippen molar-refractivity contribution in [3.8, 4) is 0 Å². The van der Waals surface area contributed by atoms with Crippen molar-refractivity contribution in [3.05, 3.63) is 34.9 Å². The molecule has 0 spiro atoms. The summed E-state index contributed by atoms with van der Waals surface area (Å²) in [6, 6.07) is 5.70. The van der Waals surface area contributed by atoms with Gasteiger partial charge < -0.3 is 10.0 Å². The van der Waals surface area contributed by atoms with Crippen LogP contribution < -0.4 is 0 Å². The Balaban J connectivity index is 3.09. The highest BCUT2D eigenvalue weighted by Crippen LogP contribution is 2.19.